The summed E-state index contributed by atoms with van der Waals surface area (Å²) in [5, 5.41) is 24.0. The number of nitrogens with one attached hydrogen (secondary N) is 1. The molecule has 0 fully saturated rings. The molecule has 1 heterocycles. The number of amides is 1. The molecular weight excluding hydrogens is 302 g/mol. The first-order chi connectivity index (χ1) is 10.9. The molecule has 8 nitrogen and oxygen atoms in total. The first-order valence-corrected chi connectivity index (χ1v) is 6.75. The molecule has 0 spiro atoms. The average molecular weight is 317 g/mol. The number of carbonyl (C=O) groups excluding carboxylic acids is 1. The minimum absolute atomic E-state index is 0.186. The molecule has 1 unspecified atom stereocenters. The van der Waals surface area contributed by atoms with E-state index in [-0.39, 0.29) is 5.56 Å². The van der Waals surface area contributed by atoms with Gasteiger partial charge in [-0.2, -0.15) is 5.10 Å². The zero-order chi connectivity index (χ0) is 17.0. The molecule has 1 atom stereocenters. The average Bonchev–Trinajstić information content (AvgIpc) is 2.88. The smallest absolute Gasteiger partial charge is 0.326 e. The summed E-state index contributed by atoms with van der Waals surface area (Å²) in [5.41, 5.74) is 1.46. The van der Waals surface area contributed by atoms with Crippen molar-refractivity contribution in [2.75, 3.05) is 0 Å². The molecule has 0 radical (unpaired) electrons. The lowest BCUT2D eigenvalue weighted by molar-refractivity contribution is -0.145. The Hall–Kier alpha value is -3.16. The van der Waals surface area contributed by atoms with Gasteiger partial charge in [0.1, 0.15) is 6.04 Å². The number of carboxylic acid groups (broad SMARTS) is 2. The predicted octanol–water partition coefficient (Wildman–Crippen LogP) is 0.838. The SMILES string of the molecule is Cc1c(C(=O)NC(CC(=O)O)C(=O)O)cnn1-c1ccccc1. The molecule has 23 heavy (non-hydrogen) atoms. The van der Waals surface area contributed by atoms with Gasteiger partial charge < -0.3 is 15.5 Å². The molecule has 0 aliphatic heterocycles. The fourth-order valence-electron chi connectivity index (χ4n) is 2.07. The summed E-state index contributed by atoms with van der Waals surface area (Å²) < 4.78 is 1.54. The highest BCUT2D eigenvalue weighted by Gasteiger charge is 2.25. The molecule has 120 valence electrons. The van der Waals surface area contributed by atoms with Crippen molar-refractivity contribution in [3.63, 3.8) is 0 Å². The van der Waals surface area contributed by atoms with Gasteiger partial charge in [-0.1, -0.05) is 18.2 Å². The standard InChI is InChI=1S/C15H15N3O5/c1-9-11(8-16-18(9)10-5-3-2-4-6-10)14(21)17-12(15(22)23)7-13(19)20/h2-6,8,12H,7H2,1H3,(H,17,21)(H,19,20)(H,22,23). The number of aliphatic carboxylic acids is 2. The molecular formula is C15H15N3O5. The second-order valence-electron chi connectivity index (χ2n) is 4.85. The highest BCUT2D eigenvalue weighted by molar-refractivity contribution is 5.98. The largest absolute Gasteiger partial charge is 0.481 e. The summed E-state index contributed by atoms with van der Waals surface area (Å²) in [6, 6.07) is 7.62. The fourth-order valence-corrected chi connectivity index (χ4v) is 2.07. The molecule has 0 saturated carbocycles. The lowest BCUT2D eigenvalue weighted by Gasteiger charge is -2.12. The van der Waals surface area contributed by atoms with Crippen LogP contribution in [0.25, 0.3) is 5.69 Å². The summed E-state index contributed by atoms with van der Waals surface area (Å²) in [5.74, 6) is -3.40. The van der Waals surface area contributed by atoms with Crippen molar-refractivity contribution in [3.8, 4) is 5.69 Å². The number of carbonyl (C=O) groups is 3. The Morgan fingerprint density at radius 1 is 1.22 bits per heavy atom. The molecule has 1 amide bonds. The van der Waals surface area contributed by atoms with Gasteiger partial charge in [-0.05, 0) is 19.1 Å². The van der Waals surface area contributed by atoms with E-state index in [0.29, 0.717) is 5.69 Å². The predicted molar refractivity (Wildman–Crippen MR) is 79.4 cm³/mol. The Morgan fingerprint density at radius 3 is 2.43 bits per heavy atom. The topological polar surface area (TPSA) is 122 Å². The molecule has 0 saturated heterocycles. The Labute approximate surface area is 131 Å². The maximum Gasteiger partial charge on any atom is 0.326 e. The van der Waals surface area contributed by atoms with Crippen molar-refractivity contribution in [3.05, 3.63) is 47.8 Å². The second-order valence-corrected chi connectivity index (χ2v) is 4.85. The Kier molecular flexibility index (Phi) is 4.75. The van der Waals surface area contributed by atoms with Crippen LogP contribution in [0, 0.1) is 6.92 Å². The van der Waals surface area contributed by atoms with E-state index in [1.165, 1.54) is 6.20 Å². The third-order valence-electron chi connectivity index (χ3n) is 3.24. The van der Waals surface area contributed by atoms with E-state index in [1.54, 1.807) is 11.6 Å². The normalized spacial score (nSPS) is 11.7. The van der Waals surface area contributed by atoms with Crippen LogP contribution in [0.5, 0.6) is 0 Å². The van der Waals surface area contributed by atoms with Crippen molar-refractivity contribution < 1.29 is 24.6 Å². The van der Waals surface area contributed by atoms with E-state index in [2.05, 4.69) is 10.4 Å². The highest BCUT2D eigenvalue weighted by Crippen LogP contribution is 2.14. The van der Waals surface area contributed by atoms with Crippen LogP contribution in [0.3, 0.4) is 0 Å². The maximum absolute atomic E-state index is 12.2. The van der Waals surface area contributed by atoms with Crippen molar-refractivity contribution in [1.82, 2.24) is 15.1 Å². The summed E-state index contributed by atoms with van der Waals surface area (Å²) in [6.45, 7) is 1.67. The molecule has 8 heteroatoms. The summed E-state index contributed by atoms with van der Waals surface area (Å²) in [6.07, 6.45) is 0.615. The van der Waals surface area contributed by atoms with Gasteiger partial charge in [-0.3, -0.25) is 9.59 Å². The molecule has 0 bridgehead atoms. The van der Waals surface area contributed by atoms with E-state index in [9.17, 15) is 14.4 Å². The summed E-state index contributed by atoms with van der Waals surface area (Å²) in [4.78, 5) is 33.9. The zero-order valence-corrected chi connectivity index (χ0v) is 12.3. The molecule has 0 aliphatic carbocycles. The molecule has 2 rings (SSSR count). The van der Waals surface area contributed by atoms with Gasteiger partial charge in [0, 0.05) is 0 Å². The third kappa shape index (κ3) is 3.73. The molecule has 1 aromatic carbocycles. The molecule has 0 aliphatic rings. The van der Waals surface area contributed by atoms with E-state index < -0.39 is 30.3 Å². The number of para-hydroxylation sites is 1. The number of rotatable bonds is 6. The van der Waals surface area contributed by atoms with Gasteiger partial charge >= 0.3 is 11.9 Å². The quantitative estimate of drug-likeness (QED) is 0.726. The Morgan fingerprint density at radius 2 is 1.87 bits per heavy atom. The van der Waals surface area contributed by atoms with E-state index in [1.807, 2.05) is 30.3 Å². The number of hydrogen-bond acceptors (Lipinski definition) is 4. The van der Waals surface area contributed by atoms with Crippen molar-refractivity contribution >= 4 is 17.8 Å². The lowest BCUT2D eigenvalue weighted by atomic mass is 10.1. The monoisotopic (exact) mass is 317 g/mol. The zero-order valence-electron chi connectivity index (χ0n) is 12.3. The minimum Gasteiger partial charge on any atom is -0.481 e. The Bertz CT molecular complexity index is 739. The highest BCUT2D eigenvalue weighted by atomic mass is 16.4. The maximum atomic E-state index is 12.2. The first-order valence-electron chi connectivity index (χ1n) is 6.75. The van der Waals surface area contributed by atoms with E-state index in [4.69, 9.17) is 10.2 Å². The number of aromatic nitrogens is 2. The number of hydrogen-bond donors (Lipinski definition) is 3. The van der Waals surface area contributed by atoms with Crippen LogP contribution < -0.4 is 5.32 Å². The summed E-state index contributed by atoms with van der Waals surface area (Å²) in [7, 11) is 0. The van der Waals surface area contributed by atoms with Crippen LogP contribution in [-0.2, 0) is 9.59 Å². The van der Waals surface area contributed by atoms with Crippen LogP contribution >= 0.6 is 0 Å². The van der Waals surface area contributed by atoms with Crippen LogP contribution in [-0.4, -0.2) is 43.9 Å². The van der Waals surface area contributed by atoms with Gasteiger partial charge in [-0.15, -0.1) is 0 Å². The van der Waals surface area contributed by atoms with E-state index in [0.717, 1.165) is 5.69 Å². The van der Waals surface area contributed by atoms with Crippen molar-refractivity contribution in [1.29, 1.82) is 0 Å². The van der Waals surface area contributed by atoms with Crippen LogP contribution in [0.15, 0.2) is 36.5 Å². The minimum atomic E-state index is -1.50. The molecule has 2 aromatic rings. The number of benzene rings is 1. The van der Waals surface area contributed by atoms with Crippen LogP contribution in [0.4, 0.5) is 0 Å². The summed E-state index contributed by atoms with van der Waals surface area (Å²) >= 11 is 0. The third-order valence-corrected chi connectivity index (χ3v) is 3.24. The van der Waals surface area contributed by atoms with Gasteiger partial charge in [0.25, 0.3) is 5.91 Å². The Balaban J connectivity index is 2.22. The van der Waals surface area contributed by atoms with Crippen molar-refractivity contribution in [2.24, 2.45) is 0 Å². The van der Waals surface area contributed by atoms with Gasteiger partial charge in [0.05, 0.1) is 29.6 Å². The first kappa shape index (κ1) is 16.2. The van der Waals surface area contributed by atoms with Crippen molar-refractivity contribution in [2.45, 2.75) is 19.4 Å². The fraction of sp³-hybridized carbons (Fsp3) is 0.200. The number of nitrogens with zero attached hydrogens (tertiary/aromatic N) is 2. The lowest BCUT2D eigenvalue weighted by Crippen LogP contribution is -2.42. The van der Waals surface area contributed by atoms with Gasteiger partial charge in [0.2, 0.25) is 0 Å². The molecule has 3 N–H and O–H groups in total. The van der Waals surface area contributed by atoms with Gasteiger partial charge in [0.15, 0.2) is 0 Å². The molecule has 1 aromatic heterocycles. The van der Waals surface area contributed by atoms with Crippen LogP contribution in [0.2, 0.25) is 0 Å². The van der Waals surface area contributed by atoms with Crippen LogP contribution in [0.1, 0.15) is 22.5 Å². The second kappa shape index (κ2) is 6.73. The van der Waals surface area contributed by atoms with Gasteiger partial charge in [-0.25, -0.2) is 9.48 Å². The number of carboxylic acids is 2. The van der Waals surface area contributed by atoms with E-state index >= 15 is 0 Å².